The van der Waals surface area contributed by atoms with E-state index in [1.54, 1.807) is 6.92 Å². The molecule has 0 N–H and O–H groups in total. The van der Waals surface area contributed by atoms with E-state index in [2.05, 4.69) is 4.98 Å². The summed E-state index contributed by atoms with van der Waals surface area (Å²) in [7, 11) is 1.04. The Bertz CT molecular complexity index is 946. The lowest BCUT2D eigenvalue weighted by atomic mass is 10.2. The molecule has 0 aliphatic rings. The first-order valence-corrected chi connectivity index (χ1v) is 7.19. The van der Waals surface area contributed by atoms with Crippen molar-refractivity contribution in [2.24, 2.45) is 0 Å². The van der Waals surface area contributed by atoms with E-state index in [9.17, 15) is 22.4 Å². The highest BCUT2D eigenvalue weighted by Gasteiger charge is 2.41. The fourth-order valence-electron chi connectivity index (χ4n) is 2.40. The Hall–Kier alpha value is -2.90. The summed E-state index contributed by atoms with van der Waals surface area (Å²) in [5.74, 6) is -2.18. The monoisotopic (exact) mass is 352 g/mol. The van der Waals surface area contributed by atoms with Crippen LogP contribution < -0.4 is 4.90 Å². The number of oxazole rings is 1. The van der Waals surface area contributed by atoms with Gasteiger partial charge in [0, 0.05) is 18.3 Å². The highest BCUT2D eigenvalue weighted by molar-refractivity contribution is 5.98. The van der Waals surface area contributed by atoms with Gasteiger partial charge in [-0.3, -0.25) is 4.79 Å². The van der Waals surface area contributed by atoms with Crippen LogP contribution in [0.4, 0.5) is 23.2 Å². The molecule has 0 saturated carbocycles. The van der Waals surface area contributed by atoms with Gasteiger partial charge in [-0.25, -0.2) is 9.37 Å². The molecular weight excluding hydrogens is 340 g/mol. The van der Waals surface area contributed by atoms with Crippen LogP contribution in [-0.4, -0.2) is 24.1 Å². The number of carbonyl (C=O) groups excluding carboxylic acids is 1. The minimum atomic E-state index is -4.97. The summed E-state index contributed by atoms with van der Waals surface area (Å²) >= 11 is 0. The molecule has 3 rings (SSSR count). The summed E-state index contributed by atoms with van der Waals surface area (Å²) in [6.45, 7) is 1.64. The number of nitrogens with zero attached hydrogens (tertiary/aromatic N) is 2. The lowest BCUT2D eigenvalue weighted by Gasteiger charge is -2.19. The van der Waals surface area contributed by atoms with E-state index in [0.717, 1.165) is 7.05 Å². The quantitative estimate of drug-likeness (QED) is 0.640. The van der Waals surface area contributed by atoms with E-state index in [-0.39, 0.29) is 11.6 Å². The maximum atomic E-state index is 13.0. The second-order valence-corrected chi connectivity index (χ2v) is 5.50. The molecule has 25 heavy (non-hydrogen) atoms. The Morgan fingerprint density at radius 3 is 2.40 bits per heavy atom. The Labute approximate surface area is 139 Å². The second kappa shape index (κ2) is 5.87. The van der Waals surface area contributed by atoms with Gasteiger partial charge in [-0.2, -0.15) is 13.2 Å². The van der Waals surface area contributed by atoms with E-state index in [4.69, 9.17) is 4.42 Å². The molecule has 0 radical (unpaired) electrons. The molecule has 0 fully saturated rings. The van der Waals surface area contributed by atoms with Gasteiger partial charge in [-0.05, 0) is 48.9 Å². The molecule has 2 aromatic carbocycles. The van der Waals surface area contributed by atoms with Gasteiger partial charge in [-0.1, -0.05) is 0 Å². The van der Waals surface area contributed by atoms with E-state index >= 15 is 0 Å². The summed E-state index contributed by atoms with van der Waals surface area (Å²) in [5, 5.41) is 0. The van der Waals surface area contributed by atoms with Crippen LogP contribution in [0.3, 0.4) is 0 Å². The molecule has 0 aliphatic carbocycles. The van der Waals surface area contributed by atoms with Gasteiger partial charge in [0.15, 0.2) is 5.58 Å². The number of aryl methyl sites for hydroxylation is 1. The first-order valence-electron chi connectivity index (χ1n) is 7.19. The average molecular weight is 352 g/mol. The number of hydrogen-bond acceptors (Lipinski definition) is 3. The van der Waals surface area contributed by atoms with Crippen LogP contribution in [0.1, 0.15) is 5.56 Å². The Morgan fingerprint density at radius 2 is 1.80 bits per heavy atom. The average Bonchev–Trinajstić information content (AvgIpc) is 2.98. The molecule has 0 saturated heterocycles. The largest absolute Gasteiger partial charge is 0.471 e. The van der Waals surface area contributed by atoms with Crippen molar-refractivity contribution in [3.05, 3.63) is 47.8 Å². The third kappa shape index (κ3) is 3.19. The number of benzene rings is 2. The lowest BCUT2D eigenvalue weighted by Crippen LogP contribution is -2.38. The summed E-state index contributed by atoms with van der Waals surface area (Å²) in [6, 6.07) is 8.20. The predicted molar refractivity (Wildman–Crippen MR) is 83.6 cm³/mol. The first-order chi connectivity index (χ1) is 11.7. The molecule has 0 spiro atoms. The third-order valence-corrected chi connectivity index (χ3v) is 3.69. The van der Waals surface area contributed by atoms with Crippen molar-refractivity contribution < 1.29 is 26.8 Å². The standard InChI is InChI=1S/C17H12F4N2O2/c1-9-7-12(23(2)16(24)17(19,20)21)8-13-14(9)25-15(22-13)10-3-5-11(18)6-4-10/h3-8H,1-2H3. The van der Waals surface area contributed by atoms with Crippen molar-refractivity contribution in [3.8, 4) is 11.5 Å². The van der Waals surface area contributed by atoms with Gasteiger partial charge in [0.2, 0.25) is 5.89 Å². The number of halogens is 4. The highest BCUT2D eigenvalue weighted by Crippen LogP contribution is 2.31. The summed E-state index contributed by atoms with van der Waals surface area (Å²) in [6.07, 6.45) is -4.97. The van der Waals surface area contributed by atoms with Gasteiger partial charge in [0.25, 0.3) is 0 Å². The zero-order valence-electron chi connectivity index (χ0n) is 13.2. The molecule has 3 aromatic rings. The summed E-state index contributed by atoms with van der Waals surface area (Å²) in [4.78, 5) is 16.1. The maximum Gasteiger partial charge on any atom is 0.471 e. The first kappa shape index (κ1) is 16.9. The van der Waals surface area contributed by atoms with Crippen molar-refractivity contribution in [3.63, 3.8) is 0 Å². The Balaban J connectivity index is 2.05. The number of anilines is 1. The number of rotatable bonds is 2. The van der Waals surface area contributed by atoms with Crippen LogP contribution in [-0.2, 0) is 4.79 Å². The third-order valence-electron chi connectivity index (χ3n) is 3.69. The SMILES string of the molecule is Cc1cc(N(C)C(=O)C(F)(F)F)cc2nc(-c3ccc(F)cc3)oc12. The van der Waals surface area contributed by atoms with Crippen molar-refractivity contribution in [2.45, 2.75) is 13.1 Å². The van der Waals surface area contributed by atoms with E-state index in [1.165, 1.54) is 36.4 Å². The number of hydrogen-bond donors (Lipinski definition) is 0. The molecule has 1 aromatic heterocycles. The second-order valence-electron chi connectivity index (χ2n) is 5.50. The van der Waals surface area contributed by atoms with E-state index in [1.807, 2.05) is 0 Å². The molecule has 0 aliphatic heterocycles. The fourth-order valence-corrected chi connectivity index (χ4v) is 2.40. The minimum Gasteiger partial charge on any atom is -0.436 e. The number of fused-ring (bicyclic) bond motifs is 1. The normalized spacial score (nSPS) is 11.8. The van der Waals surface area contributed by atoms with Crippen molar-refractivity contribution >= 4 is 22.7 Å². The Morgan fingerprint density at radius 1 is 1.16 bits per heavy atom. The number of amides is 1. The smallest absolute Gasteiger partial charge is 0.436 e. The topological polar surface area (TPSA) is 46.3 Å². The van der Waals surface area contributed by atoms with Crippen LogP contribution in [0, 0.1) is 12.7 Å². The van der Waals surface area contributed by atoms with Crippen molar-refractivity contribution in [1.29, 1.82) is 0 Å². The van der Waals surface area contributed by atoms with Crippen LogP contribution in [0.15, 0.2) is 40.8 Å². The maximum absolute atomic E-state index is 13.0. The van der Waals surface area contributed by atoms with Crippen LogP contribution in [0.2, 0.25) is 0 Å². The molecular formula is C17H12F4N2O2. The molecule has 130 valence electrons. The number of carbonyl (C=O) groups is 1. The van der Waals surface area contributed by atoms with Gasteiger partial charge in [-0.15, -0.1) is 0 Å². The summed E-state index contributed by atoms with van der Waals surface area (Å²) in [5.41, 5.74) is 1.78. The van der Waals surface area contributed by atoms with Gasteiger partial charge in [0.1, 0.15) is 11.3 Å². The zero-order valence-corrected chi connectivity index (χ0v) is 13.2. The van der Waals surface area contributed by atoms with Gasteiger partial charge >= 0.3 is 12.1 Å². The molecule has 0 unspecified atom stereocenters. The van der Waals surface area contributed by atoms with Gasteiger partial charge < -0.3 is 9.32 Å². The van der Waals surface area contributed by atoms with Crippen LogP contribution in [0.25, 0.3) is 22.6 Å². The number of aromatic nitrogens is 1. The molecule has 0 bridgehead atoms. The molecule has 8 heteroatoms. The van der Waals surface area contributed by atoms with Crippen LogP contribution in [0.5, 0.6) is 0 Å². The number of alkyl halides is 3. The van der Waals surface area contributed by atoms with Crippen LogP contribution >= 0.6 is 0 Å². The minimum absolute atomic E-state index is 0.0475. The zero-order chi connectivity index (χ0) is 18.4. The summed E-state index contributed by atoms with van der Waals surface area (Å²) < 4.78 is 56.4. The molecule has 1 amide bonds. The van der Waals surface area contributed by atoms with Crippen molar-refractivity contribution in [1.82, 2.24) is 4.98 Å². The van der Waals surface area contributed by atoms with E-state index < -0.39 is 17.9 Å². The highest BCUT2D eigenvalue weighted by atomic mass is 19.4. The van der Waals surface area contributed by atoms with E-state index in [0.29, 0.717) is 27.1 Å². The van der Waals surface area contributed by atoms with Crippen molar-refractivity contribution in [2.75, 3.05) is 11.9 Å². The fraction of sp³-hybridized carbons (Fsp3) is 0.176. The molecule has 0 atom stereocenters. The lowest BCUT2D eigenvalue weighted by molar-refractivity contribution is -0.170. The molecule has 4 nitrogen and oxygen atoms in total. The predicted octanol–water partition coefficient (Wildman–Crippen LogP) is 4.47. The van der Waals surface area contributed by atoms with Gasteiger partial charge in [0.05, 0.1) is 0 Å². The molecule has 1 heterocycles. The Kier molecular flexibility index (Phi) is 3.98.